The van der Waals surface area contributed by atoms with Gasteiger partial charge in [0.1, 0.15) is 11.4 Å². The van der Waals surface area contributed by atoms with E-state index in [1.165, 1.54) is 43.7 Å². The first-order chi connectivity index (χ1) is 16.4. The van der Waals surface area contributed by atoms with Gasteiger partial charge >= 0.3 is 0 Å². The molecule has 172 valence electrons. The summed E-state index contributed by atoms with van der Waals surface area (Å²) < 4.78 is 6.07. The van der Waals surface area contributed by atoms with Crippen molar-refractivity contribution in [2.24, 2.45) is 5.10 Å². The number of non-ortho nitro benzene ring substituents is 1. The highest BCUT2D eigenvalue weighted by atomic mass is 79.9. The van der Waals surface area contributed by atoms with Crippen molar-refractivity contribution in [3.05, 3.63) is 110 Å². The largest absolute Gasteiger partial charge is 0.496 e. The molecule has 3 aromatic rings. The Hall–Kier alpha value is -4.31. The lowest BCUT2D eigenvalue weighted by Crippen LogP contribution is -2.32. The lowest BCUT2D eigenvalue weighted by atomic mass is 10.1. The highest BCUT2D eigenvalue weighted by Crippen LogP contribution is 2.21. The molecule has 0 saturated carbocycles. The molecule has 0 radical (unpaired) electrons. The van der Waals surface area contributed by atoms with Crippen molar-refractivity contribution in [2.75, 3.05) is 7.11 Å². The topological polar surface area (TPSA) is 123 Å². The Labute approximate surface area is 203 Å². The standard InChI is InChI=1S/C24H19BrN4O5/c1-34-22-12-9-19(25)14-18(22)15-26-28-24(31)21(27-23(30)17-5-3-2-4-6-17)13-16-7-10-20(11-8-16)29(32)33/h2-15H,1H3,(H,27,30)(H,28,31)/b21-13+,26-15+. The van der Waals surface area contributed by atoms with Crippen LogP contribution in [0.1, 0.15) is 21.5 Å². The van der Waals surface area contributed by atoms with E-state index in [9.17, 15) is 19.7 Å². The van der Waals surface area contributed by atoms with Crippen molar-refractivity contribution in [1.82, 2.24) is 10.7 Å². The van der Waals surface area contributed by atoms with E-state index in [2.05, 4.69) is 31.8 Å². The van der Waals surface area contributed by atoms with Crippen molar-refractivity contribution < 1.29 is 19.2 Å². The Morgan fingerprint density at radius 2 is 1.76 bits per heavy atom. The highest BCUT2D eigenvalue weighted by Gasteiger charge is 2.15. The number of hydrogen-bond donors (Lipinski definition) is 2. The minimum atomic E-state index is -0.687. The van der Waals surface area contributed by atoms with E-state index in [0.717, 1.165) is 4.47 Å². The first kappa shape index (κ1) is 24.3. The molecule has 0 bridgehead atoms. The summed E-state index contributed by atoms with van der Waals surface area (Å²) in [5, 5.41) is 17.4. The van der Waals surface area contributed by atoms with Crippen LogP contribution in [0.4, 0.5) is 5.69 Å². The molecule has 0 unspecified atom stereocenters. The molecule has 2 amide bonds. The van der Waals surface area contributed by atoms with Crippen LogP contribution in [0.5, 0.6) is 5.75 Å². The second kappa shape index (κ2) is 11.5. The average molecular weight is 523 g/mol. The molecule has 0 atom stereocenters. The number of nitro benzene ring substituents is 1. The number of hydrazone groups is 1. The fourth-order valence-corrected chi connectivity index (χ4v) is 3.21. The van der Waals surface area contributed by atoms with Crippen LogP contribution >= 0.6 is 15.9 Å². The number of methoxy groups -OCH3 is 1. The molecule has 10 heteroatoms. The maximum atomic E-state index is 12.8. The third-order valence-corrected chi connectivity index (χ3v) is 5.00. The molecule has 2 N–H and O–H groups in total. The molecule has 0 aliphatic carbocycles. The summed E-state index contributed by atoms with van der Waals surface area (Å²) in [5.41, 5.74) is 3.63. The molecule has 0 aliphatic heterocycles. The number of nitrogens with zero attached hydrogens (tertiary/aromatic N) is 2. The number of carbonyl (C=O) groups is 2. The number of carbonyl (C=O) groups excluding carboxylic acids is 2. The van der Waals surface area contributed by atoms with Crippen molar-refractivity contribution in [3.8, 4) is 5.75 Å². The molecule has 0 spiro atoms. The maximum Gasteiger partial charge on any atom is 0.287 e. The van der Waals surface area contributed by atoms with E-state index in [4.69, 9.17) is 4.74 Å². The van der Waals surface area contributed by atoms with Gasteiger partial charge in [0.15, 0.2) is 0 Å². The predicted molar refractivity (Wildman–Crippen MR) is 131 cm³/mol. The van der Waals surface area contributed by atoms with Crippen LogP contribution in [0.3, 0.4) is 0 Å². The van der Waals surface area contributed by atoms with Gasteiger partial charge < -0.3 is 10.1 Å². The Balaban J connectivity index is 1.84. The van der Waals surface area contributed by atoms with E-state index < -0.39 is 16.7 Å². The van der Waals surface area contributed by atoms with Gasteiger partial charge in [-0.3, -0.25) is 19.7 Å². The number of rotatable bonds is 8. The molecule has 9 nitrogen and oxygen atoms in total. The molecule has 0 aromatic heterocycles. The van der Waals surface area contributed by atoms with Crippen LogP contribution in [0.25, 0.3) is 6.08 Å². The van der Waals surface area contributed by atoms with E-state index >= 15 is 0 Å². The van der Waals surface area contributed by atoms with Gasteiger partial charge in [0.25, 0.3) is 17.5 Å². The fraction of sp³-hybridized carbons (Fsp3) is 0.0417. The van der Waals surface area contributed by atoms with Gasteiger partial charge in [0.05, 0.1) is 18.2 Å². The van der Waals surface area contributed by atoms with Gasteiger partial charge in [-0.1, -0.05) is 34.1 Å². The minimum absolute atomic E-state index is 0.0935. The maximum absolute atomic E-state index is 12.8. The third kappa shape index (κ3) is 6.59. The number of hydrogen-bond acceptors (Lipinski definition) is 6. The summed E-state index contributed by atoms with van der Waals surface area (Å²) in [6.45, 7) is 0. The van der Waals surface area contributed by atoms with Crippen molar-refractivity contribution in [1.29, 1.82) is 0 Å². The highest BCUT2D eigenvalue weighted by molar-refractivity contribution is 9.10. The van der Waals surface area contributed by atoms with E-state index in [0.29, 0.717) is 22.4 Å². The predicted octanol–water partition coefficient (Wildman–Crippen LogP) is 4.29. The SMILES string of the molecule is COc1ccc(Br)cc1/C=N/NC(=O)/C(=C\c1ccc([N+](=O)[O-])cc1)NC(=O)c1ccccc1. The number of ether oxygens (including phenoxy) is 1. The lowest BCUT2D eigenvalue weighted by molar-refractivity contribution is -0.384. The fourth-order valence-electron chi connectivity index (χ4n) is 2.83. The van der Waals surface area contributed by atoms with Crippen molar-refractivity contribution >= 4 is 45.7 Å². The van der Waals surface area contributed by atoms with Gasteiger partial charge in [0, 0.05) is 27.7 Å². The van der Waals surface area contributed by atoms with Gasteiger partial charge in [-0.05, 0) is 54.1 Å². The Morgan fingerprint density at radius 1 is 1.06 bits per heavy atom. The summed E-state index contributed by atoms with van der Waals surface area (Å²) in [4.78, 5) is 35.8. The summed E-state index contributed by atoms with van der Waals surface area (Å²) in [6, 6.07) is 19.2. The molecular weight excluding hydrogens is 504 g/mol. The van der Waals surface area contributed by atoms with Crippen LogP contribution in [-0.2, 0) is 4.79 Å². The normalized spacial score (nSPS) is 11.2. The summed E-state index contributed by atoms with van der Waals surface area (Å²) >= 11 is 3.37. The van der Waals surface area contributed by atoms with Gasteiger partial charge in [0.2, 0.25) is 0 Å². The Morgan fingerprint density at radius 3 is 2.41 bits per heavy atom. The lowest BCUT2D eigenvalue weighted by Gasteiger charge is -2.09. The van der Waals surface area contributed by atoms with Crippen molar-refractivity contribution in [3.63, 3.8) is 0 Å². The van der Waals surface area contributed by atoms with Gasteiger partial charge in [-0.2, -0.15) is 5.10 Å². The van der Waals surface area contributed by atoms with Crippen LogP contribution in [0.15, 0.2) is 88.1 Å². The van der Waals surface area contributed by atoms with Crippen LogP contribution in [0, 0.1) is 10.1 Å². The Kier molecular flexibility index (Phi) is 8.25. The molecule has 0 fully saturated rings. The molecule has 0 saturated heterocycles. The summed E-state index contributed by atoms with van der Waals surface area (Å²) in [7, 11) is 1.52. The minimum Gasteiger partial charge on any atom is -0.496 e. The second-order valence-electron chi connectivity index (χ2n) is 6.81. The molecule has 0 heterocycles. The molecule has 3 rings (SSSR count). The zero-order valence-electron chi connectivity index (χ0n) is 17.9. The number of nitro groups is 1. The van der Waals surface area contributed by atoms with Gasteiger partial charge in [-0.15, -0.1) is 0 Å². The zero-order valence-corrected chi connectivity index (χ0v) is 19.5. The average Bonchev–Trinajstić information content (AvgIpc) is 2.84. The first-order valence-corrected chi connectivity index (χ1v) is 10.7. The molecule has 34 heavy (non-hydrogen) atoms. The number of benzene rings is 3. The van der Waals surface area contributed by atoms with E-state index in [1.54, 1.807) is 48.5 Å². The number of nitrogens with one attached hydrogen (secondary N) is 2. The van der Waals surface area contributed by atoms with E-state index in [-0.39, 0.29) is 11.4 Å². The summed E-state index contributed by atoms with van der Waals surface area (Å²) in [5.74, 6) is -0.630. The van der Waals surface area contributed by atoms with Crippen LogP contribution in [-0.4, -0.2) is 30.1 Å². The van der Waals surface area contributed by atoms with E-state index in [1.807, 2.05) is 0 Å². The second-order valence-corrected chi connectivity index (χ2v) is 7.73. The smallest absolute Gasteiger partial charge is 0.287 e. The molecule has 0 aliphatic rings. The van der Waals surface area contributed by atoms with Gasteiger partial charge in [-0.25, -0.2) is 5.43 Å². The van der Waals surface area contributed by atoms with Crippen LogP contribution < -0.4 is 15.5 Å². The summed E-state index contributed by atoms with van der Waals surface area (Å²) in [6.07, 6.45) is 2.80. The quantitative estimate of drug-likeness (QED) is 0.198. The number of halogens is 1. The van der Waals surface area contributed by atoms with Crippen LogP contribution in [0.2, 0.25) is 0 Å². The number of amides is 2. The monoisotopic (exact) mass is 522 g/mol. The molecular formula is C24H19BrN4O5. The van der Waals surface area contributed by atoms with Crippen molar-refractivity contribution in [2.45, 2.75) is 0 Å². The zero-order chi connectivity index (χ0) is 24.5. The Bertz CT molecular complexity index is 1260. The first-order valence-electron chi connectivity index (χ1n) is 9.87. The third-order valence-electron chi connectivity index (χ3n) is 4.51. The molecule has 3 aromatic carbocycles.